The number of fused-ring (bicyclic) bond motifs is 3. The van der Waals surface area contributed by atoms with Gasteiger partial charge in [0.05, 0.1) is 5.41 Å². The Labute approximate surface area is 333 Å². The Kier molecular flexibility index (Phi) is 9.16. The summed E-state index contributed by atoms with van der Waals surface area (Å²) in [5.74, 6) is 0.817. The monoisotopic (exact) mass is 793 g/mol. The van der Waals surface area contributed by atoms with Crippen LogP contribution in [-0.4, -0.2) is 0 Å². The van der Waals surface area contributed by atoms with E-state index in [1.807, 2.05) is 60.7 Å². The third kappa shape index (κ3) is 6.30. The molecule has 0 heterocycles. The van der Waals surface area contributed by atoms with E-state index in [0.29, 0.717) is 5.75 Å². The lowest BCUT2D eigenvalue weighted by molar-refractivity contribution is 0.482. The van der Waals surface area contributed by atoms with Gasteiger partial charge in [-0.05, 0) is 147 Å². The number of benzene rings is 8. The molecule has 2 nitrogen and oxygen atoms in total. The largest absolute Gasteiger partial charge is 0.457 e. The van der Waals surface area contributed by atoms with Crippen molar-refractivity contribution in [1.82, 2.24) is 0 Å². The van der Waals surface area contributed by atoms with Crippen molar-refractivity contribution in [3.05, 3.63) is 239 Å². The fraction of sp³-hybridized carbons (Fsp3) is 0.0196. The molecule has 0 N–H and O–H groups in total. The third-order valence-corrected chi connectivity index (χ3v) is 11.1. The first-order valence-electron chi connectivity index (χ1n) is 18.3. The van der Waals surface area contributed by atoms with Crippen LogP contribution in [0.15, 0.2) is 199 Å². The maximum Gasteiger partial charge on any atom is 0.127 e. The zero-order valence-electron chi connectivity index (χ0n) is 30.2. The molecule has 270 valence electrons. The number of halogens is 3. The van der Waals surface area contributed by atoms with Gasteiger partial charge in [-0.15, -0.1) is 0 Å². The lowest BCUT2D eigenvalue weighted by atomic mass is 9.67. The van der Waals surface area contributed by atoms with Crippen molar-refractivity contribution >= 4 is 39.1 Å². The van der Waals surface area contributed by atoms with Crippen molar-refractivity contribution in [1.29, 1.82) is 0 Å². The second-order valence-corrected chi connectivity index (χ2v) is 14.7. The molecule has 8 aromatic carbocycles. The van der Waals surface area contributed by atoms with Crippen LogP contribution < -0.4 is 9.64 Å². The van der Waals surface area contributed by atoms with E-state index in [1.54, 1.807) is 18.2 Å². The zero-order chi connectivity index (χ0) is 38.2. The van der Waals surface area contributed by atoms with Crippen molar-refractivity contribution in [3.8, 4) is 33.8 Å². The molecule has 0 aromatic heterocycles. The maximum absolute atomic E-state index is 14.7. The molecule has 0 saturated carbocycles. The van der Waals surface area contributed by atoms with Gasteiger partial charge in [0, 0.05) is 21.5 Å². The van der Waals surface area contributed by atoms with Gasteiger partial charge in [0.15, 0.2) is 0 Å². The van der Waals surface area contributed by atoms with Crippen LogP contribution in [0.3, 0.4) is 0 Å². The zero-order valence-corrected chi connectivity index (χ0v) is 31.8. The van der Waals surface area contributed by atoms with Gasteiger partial charge in [0.2, 0.25) is 0 Å². The Morgan fingerprint density at radius 1 is 0.500 bits per heavy atom. The van der Waals surface area contributed by atoms with E-state index in [-0.39, 0.29) is 11.6 Å². The van der Waals surface area contributed by atoms with E-state index in [4.69, 9.17) is 4.74 Å². The van der Waals surface area contributed by atoms with Crippen molar-refractivity contribution in [2.24, 2.45) is 0 Å². The normalized spacial score (nSPS) is 14.1. The molecule has 0 radical (unpaired) electrons. The first-order chi connectivity index (χ1) is 27.4. The van der Waals surface area contributed by atoms with Gasteiger partial charge in [-0.25, -0.2) is 8.78 Å². The number of nitrogens with zero attached hydrogens (tertiary/aromatic N) is 1. The molecule has 8 aromatic rings. The van der Waals surface area contributed by atoms with Gasteiger partial charge in [0.25, 0.3) is 0 Å². The highest BCUT2D eigenvalue weighted by Gasteiger charge is 2.46. The van der Waals surface area contributed by atoms with Gasteiger partial charge in [-0.1, -0.05) is 120 Å². The number of hydrogen-bond acceptors (Lipinski definition) is 2. The quantitative estimate of drug-likeness (QED) is 0.144. The highest BCUT2D eigenvalue weighted by molar-refractivity contribution is 9.10. The van der Waals surface area contributed by atoms with Crippen molar-refractivity contribution in [3.63, 3.8) is 0 Å². The highest BCUT2D eigenvalue weighted by atomic mass is 79.9. The lowest BCUT2D eigenvalue weighted by Gasteiger charge is -2.35. The fourth-order valence-corrected chi connectivity index (χ4v) is 8.22. The molecule has 0 saturated heterocycles. The molecule has 0 amide bonds. The van der Waals surface area contributed by atoms with Crippen LogP contribution in [-0.2, 0) is 5.41 Å². The molecule has 1 aliphatic rings. The summed E-state index contributed by atoms with van der Waals surface area (Å²) in [5.41, 5.74) is 11.3. The predicted molar refractivity (Wildman–Crippen MR) is 228 cm³/mol. The third-order valence-electron chi connectivity index (χ3n) is 10.6. The Morgan fingerprint density at radius 3 is 1.59 bits per heavy atom. The summed E-state index contributed by atoms with van der Waals surface area (Å²) in [5, 5.41) is 0. The average Bonchev–Trinajstić information content (AvgIpc) is 3.53. The molecule has 0 aliphatic heterocycles. The summed E-state index contributed by atoms with van der Waals surface area (Å²) in [4.78, 5) is 2.15. The van der Waals surface area contributed by atoms with Crippen LogP contribution in [0, 0.1) is 11.6 Å². The van der Waals surface area contributed by atoms with Gasteiger partial charge in [-0.2, -0.15) is 0 Å². The minimum atomic E-state index is -0.806. The lowest BCUT2D eigenvalue weighted by Crippen LogP contribution is -2.28. The van der Waals surface area contributed by atoms with E-state index in [2.05, 4.69) is 118 Å². The summed E-state index contributed by atoms with van der Waals surface area (Å²) in [6.07, 6.45) is 1.80. The summed E-state index contributed by atoms with van der Waals surface area (Å²) >= 11 is 3.54. The van der Waals surface area contributed by atoms with Crippen LogP contribution >= 0.6 is 15.9 Å². The van der Waals surface area contributed by atoms with Crippen molar-refractivity contribution in [2.45, 2.75) is 5.41 Å². The Bertz CT molecular complexity index is 2670. The second kappa shape index (κ2) is 14.6. The van der Waals surface area contributed by atoms with Crippen LogP contribution in [0.25, 0.3) is 28.3 Å². The second-order valence-electron chi connectivity index (χ2n) is 13.8. The van der Waals surface area contributed by atoms with Gasteiger partial charge >= 0.3 is 0 Å². The molecule has 0 fully saturated rings. The van der Waals surface area contributed by atoms with Gasteiger partial charge in [0.1, 0.15) is 23.1 Å². The first kappa shape index (κ1) is 35.2. The SMILES string of the molecule is C=Cc1ccc(Oc2ccc(C3(c4ccc(F)cc4)c4ccccc4-c4ccc(N(c5ccc(F)cc5)c5ccc(-c6ccc(Br)cc6)cc5)cc43)cc2)cc1. The van der Waals surface area contributed by atoms with Gasteiger partial charge < -0.3 is 9.64 Å². The van der Waals surface area contributed by atoms with Gasteiger partial charge in [-0.3, -0.25) is 0 Å². The minimum Gasteiger partial charge on any atom is -0.457 e. The Hall–Kier alpha value is -6.56. The van der Waals surface area contributed by atoms with Crippen molar-refractivity contribution in [2.75, 3.05) is 4.90 Å². The van der Waals surface area contributed by atoms with Crippen LogP contribution in [0.1, 0.15) is 27.8 Å². The molecule has 9 rings (SSSR count). The number of hydrogen-bond donors (Lipinski definition) is 0. The molecule has 1 unspecified atom stereocenters. The number of anilines is 3. The first-order valence-corrected chi connectivity index (χ1v) is 19.1. The average molecular weight is 795 g/mol. The summed E-state index contributed by atoms with van der Waals surface area (Å²) in [6, 6.07) is 61.0. The molecule has 5 heteroatoms. The molecule has 1 atom stereocenters. The molecule has 0 spiro atoms. The Morgan fingerprint density at radius 2 is 0.982 bits per heavy atom. The van der Waals surface area contributed by atoms with Crippen molar-refractivity contribution < 1.29 is 13.5 Å². The smallest absolute Gasteiger partial charge is 0.127 e. The summed E-state index contributed by atoms with van der Waals surface area (Å²) in [6.45, 7) is 3.85. The minimum absolute atomic E-state index is 0.301. The highest BCUT2D eigenvalue weighted by Crippen LogP contribution is 2.57. The summed E-state index contributed by atoms with van der Waals surface area (Å²) in [7, 11) is 0. The molecular weight excluding hydrogens is 760 g/mol. The van der Waals surface area contributed by atoms with E-state index in [1.165, 1.54) is 24.3 Å². The topological polar surface area (TPSA) is 12.5 Å². The maximum atomic E-state index is 14.7. The molecule has 56 heavy (non-hydrogen) atoms. The number of ether oxygens (including phenoxy) is 1. The van der Waals surface area contributed by atoms with Crippen LogP contribution in [0.4, 0.5) is 25.8 Å². The van der Waals surface area contributed by atoms with E-state index >= 15 is 0 Å². The standard InChI is InChI=1S/C51H34BrF2NO/c1-2-34-7-28-45(29-8-34)56-46-30-15-38(16-31-46)51(37-13-19-40(53)20-14-37)49-6-4-3-5-47(49)48-32-27-44(33-50(48)51)55(43-25-21-41(54)22-26-43)42-23-11-36(12-24-42)35-9-17-39(52)18-10-35/h2-33H,1H2. The Balaban J connectivity index is 1.21. The molecule has 0 bridgehead atoms. The summed E-state index contributed by atoms with van der Waals surface area (Å²) < 4.78 is 36.3. The van der Waals surface area contributed by atoms with E-state index < -0.39 is 5.41 Å². The van der Waals surface area contributed by atoms with Crippen LogP contribution in [0.5, 0.6) is 11.5 Å². The molecule has 1 aliphatic carbocycles. The molecular formula is C51H34BrF2NO. The predicted octanol–water partition coefficient (Wildman–Crippen LogP) is 14.7. The van der Waals surface area contributed by atoms with E-state index in [9.17, 15) is 8.78 Å². The van der Waals surface area contributed by atoms with E-state index in [0.717, 1.165) is 77.4 Å². The number of rotatable bonds is 9. The fourth-order valence-electron chi connectivity index (χ4n) is 7.96. The van der Waals surface area contributed by atoms with Crippen LogP contribution in [0.2, 0.25) is 0 Å².